The molecule has 8 heteroatoms. The van der Waals surface area contributed by atoms with E-state index in [1.165, 1.54) is 31.4 Å². The number of amides is 1. The van der Waals surface area contributed by atoms with Crippen molar-refractivity contribution in [2.75, 3.05) is 7.11 Å². The van der Waals surface area contributed by atoms with Gasteiger partial charge in [0.05, 0.1) is 19.2 Å². The molecule has 0 unspecified atom stereocenters. The van der Waals surface area contributed by atoms with Crippen molar-refractivity contribution in [3.05, 3.63) is 35.4 Å². The summed E-state index contributed by atoms with van der Waals surface area (Å²) in [7, 11) is 6.47. The van der Waals surface area contributed by atoms with Gasteiger partial charge in [-0.1, -0.05) is 12.1 Å². The third-order valence-corrected chi connectivity index (χ3v) is 2.73. The number of rotatable bonds is 4. The number of ether oxygens (including phenoxy) is 2. The fourth-order valence-electron chi connectivity index (χ4n) is 1.68. The molecule has 124 valence electrons. The first kappa shape index (κ1) is 19.0. The molecule has 0 atom stereocenters. The summed E-state index contributed by atoms with van der Waals surface area (Å²) in [6.07, 6.45) is -0.984. The Morgan fingerprint density at radius 1 is 1.17 bits per heavy atom. The van der Waals surface area contributed by atoms with Crippen molar-refractivity contribution < 1.29 is 29.3 Å². The lowest BCUT2D eigenvalue weighted by molar-refractivity contribution is -0.190. The van der Waals surface area contributed by atoms with Crippen molar-refractivity contribution >= 4 is 19.9 Å². The predicted molar refractivity (Wildman–Crippen MR) is 82.5 cm³/mol. The van der Waals surface area contributed by atoms with Gasteiger partial charge in [-0.3, -0.25) is 4.90 Å². The largest absolute Gasteiger partial charge is 0.465 e. The van der Waals surface area contributed by atoms with E-state index in [4.69, 9.17) is 12.6 Å². The molecule has 2 N–H and O–H groups in total. The third-order valence-electron chi connectivity index (χ3n) is 2.73. The van der Waals surface area contributed by atoms with Crippen LogP contribution < -0.4 is 0 Å². The highest BCUT2D eigenvalue weighted by Gasteiger charge is 2.33. The van der Waals surface area contributed by atoms with Crippen molar-refractivity contribution in [2.45, 2.75) is 38.7 Å². The van der Waals surface area contributed by atoms with Gasteiger partial charge in [-0.2, -0.15) is 0 Å². The van der Waals surface area contributed by atoms with Gasteiger partial charge >= 0.3 is 12.1 Å². The Kier molecular flexibility index (Phi) is 5.79. The average Bonchev–Trinajstić information content (AvgIpc) is 2.41. The number of hydrogen-bond acceptors (Lipinski definition) is 6. The molecule has 1 amide bonds. The lowest BCUT2D eigenvalue weighted by Gasteiger charge is -2.34. The molecule has 0 aliphatic rings. The fourth-order valence-corrected chi connectivity index (χ4v) is 1.68. The molecule has 1 aromatic carbocycles. The van der Waals surface area contributed by atoms with E-state index in [0.717, 1.165) is 0 Å². The van der Waals surface area contributed by atoms with E-state index in [9.17, 15) is 19.8 Å². The van der Waals surface area contributed by atoms with Crippen LogP contribution in [0.15, 0.2) is 24.3 Å². The van der Waals surface area contributed by atoms with Gasteiger partial charge < -0.3 is 19.7 Å². The minimum absolute atomic E-state index is 0.222. The molecule has 23 heavy (non-hydrogen) atoms. The van der Waals surface area contributed by atoms with Crippen LogP contribution in [0.1, 0.15) is 36.7 Å². The van der Waals surface area contributed by atoms with Gasteiger partial charge in [0.1, 0.15) is 5.60 Å². The van der Waals surface area contributed by atoms with Crippen LogP contribution in [-0.4, -0.2) is 53.5 Å². The molecule has 0 aromatic heterocycles. The van der Waals surface area contributed by atoms with E-state index in [0.29, 0.717) is 16.0 Å². The second kappa shape index (κ2) is 7.01. The second-order valence-electron chi connectivity index (χ2n) is 5.94. The Morgan fingerprint density at radius 3 is 2.09 bits per heavy atom. The van der Waals surface area contributed by atoms with E-state index < -0.39 is 23.5 Å². The highest BCUT2D eigenvalue weighted by Crippen LogP contribution is 2.17. The molecule has 0 spiro atoms. The molecule has 0 aliphatic carbocycles. The maximum absolute atomic E-state index is 12.1. The summed E-state index contributed by atoms with van der Waals surface area (Å²) in [5, 5.41) is 19.1. The van der Waals surface area contributed by atoms with Crippen LogP contribution in [-0.2, 0) is 16.0 Å². The quantitative estimate of drug-likeness (QED) is 0.487. The van der Waals surface area contributed by atoms with Gasteiger partial charge in [0.15, 0.2) is 13.7 Å². The van der Waals surface area contributed by atoms with Crippen LogP contribution >= 0.6 is 0 Å². The molecular weight excluding hydrogens is 301 g/mol. The van der Waals surface area contributed by atoms with Crippen LogP contribution in [0.3, 0.4) is 0 Å². The fraction of sp³-hybridized carbons (Fsp3) is 0.467. The molecule has 0 heterocycles. The normalized spacial score (nSPS) is 11.7. The number of carbonyl (C=O) groups is 2. The van der Waals surface area contributed by atoms with E-state index >= 15 is 0 Å². The van der Waals surface area contributed by atoms with Gasteiger partial charge in [0.25, 0.3) is 0 Å². The van der Waals surface area contributed by atoms with Crippen LogP contribution in [0.4, 0.5) is 4.79 Å². The molecule has 0 saturated carbocycles. The summed E-state index contributed by atoms with van der Waals surface area (Å²) in [4.78, 5) is 24.0. The Morgan fingerprint density at radius 2 is 1.70 bits per heavy atom. The van der Waals surface area contributed by atoms with Crippen molar-refractivity contribution in [1.29, 1.82) is 0 Å². The maximum Gasteiger partial charge on any atom is 0.414 e. The van der Waals surface area contributed by atoms with Crippen LogP contribution in [0.5, 0.6) is 0 Å². The van der Waals surface area contributed by atoms with E-state index in [-0.39, 0.29) is 6.54 Å². The molecule has 1 rings (SSSR count). The zero-order chi connectivity index (χ0) is 17.8. The molecular formula is C15H20BNO6. The smallest absolute Gasteiger partial charge is 0.414 e. The first-order valence-electron chi connectivity index (χ1n) is 6.85. The number of esters is 1. The monoisotopic (exact) mass is 321 g/mol. The van der Waals surface area contributed by atoms with Crippen molar-refractivity contribution in [3.8, 4) is 0 Å². The Labute approximate surface area is 136 Å². The average molecular weight is 321 g/mol. The lowest BCUT2D eigenvalue weighted by atomic mass is 10.0. The van der Waals surface area contributed by atoms with Gasteiger partial charge in [0, 0.05) is 0 Å². The first-order valence-corrected chi connectivity index (χ1v) is 6.85. The van der Waals surface area contributed by atoms with E-state index in [1.807, 2.05) is 0 Å². The molecule has 0 fully saturated rings. The Bertz CT molecular complexity index is 559. The van der Waals surface area contributed by atoms with E-state index in [2.05, 4.69) is 4.74 Å². The standard InChI is InChI=1S/C15H20BNO6/c1-14(2,3)23-13(19)17(15(16,20)21)9-10-5-7-11(8-6-10)12(18)22-4/h5-8,20-21H,9H2,1-4H3. The Hall–Kier alpha value is -2.06. The number of methoxy groups -OCH3 is 1. The van der Waals surface area contributed by atoms with Crippen molar-refractivity contribution in [2.24, 2.45) is 0 Å². The minimum Gasteiger partial charge on any atom is -0.465 e. The molecule has 0 saturated heterocycles. The predicted octanol–water partition coefficient (Wildman–Crippen LogP) is 0.975. The summed E-state index contributed by atoms with van der Waals surface area (Å²) >= 11 is 0. The molecule has 1 aromatic rings. The summed E-state index contributed by atoms with van der Waals surface area (Å²) in [5.41, 5.74) is 0.0171. The minimum atomic E-state index is -2.89. The Balaban J connectivity index is 2.94. The highest BCUT2D eigenvalue weighted by atomic mass is 16.6. The van der Waals surface area contributed by atoms with Gasteiger partial charge in [-0.25, -0.2) is 9.59 Å². The summed E-state index contributed by atoms with van der Waals surface area (Å²) in [5.74, 6) is -3.39. The van der Waals surface area contributed by atoms with Crippen LogP contribution in [0.2, 0.25) is 0 Å². The number of hydrogen-bond donors (Lipinski definition) is 2. The summed E-state index contributed by atoms with van der Waals surface area (Å²) in [6.45, 7) is 4.70. The van der Waals surface area contributed by atoms with Crippen molar-refractivity contribution in [3.63, 3.8) is 0 Å². The topological polar surface area (TPSA) is 96.3 Å². The zero-order valence-electron chi connectivity index (χ0n) is 13.6. The maximum atomic E-state index is 12.1. The van der Waals surface area contributed by atoms with Crippen LogP contribution in [0, 0.1) is 0 Å². The number of carbonyl (C=O) groups excluding carboxylic acids is 2. The molecule has 7 nitrogen and oxygen atoms in total. The van der Waals surface area contributed by atoms with E-state index in [1.54, 1.807) is 20.8 Å². The molecule has 0 bridgehead atoms. The highest BCUT2D eigenvalue weighted by molar-refractivity contribution is 6.13. The number of aliphatic hydroxyl groups is 2. The lowest BCUT2D eigenvalue weighted by Crippen LogP contribution is -2.53. The second-order valence-corrected chi connectivity index (χ2v) is 5.94. The molecule has 2 radical (unpaired) electrons. The SMILES string of the molecule is [B]C(O)(O)N(Cc1ccc(C(=O)OC)cc1)C(=O)OC(C)(C)C. The van der Waals surface area contributed by atoms with Crippen LogP contribution in [0.25, 0.3) is 0 Å². The number of nitrogens with zero attached hydrogens (tertiary/aromatic N) is 1. The van der Waals surface area contributed by atoms with Gasteiger partial charge in [-0.15, -0.1) is 0 Å². The first-order chi connectivity index (χ1) is 10.4. The molecule has 0 aliphatic heterocycles. The van der Waals surface area contributed by atoms with Gasteiger partial charge in [-0.05, 0) is 38.5 Å². The zero-order valence-corrected chi connectivity index (χ0v) is 13.6. The number of benzene rings is 1. The summed E-state index contributed by atoms with van der Waals surface area (Å²) < 4.78 is 9.67. The van der Waals surface area contributed by atoms with Gasteiger partial charge in [0.2, 0.25) is 0 Å². The summed E-state index contributed by atoms with van der Waals surface area (Å²) in [6, 6.07) is 6.05. The third kappa shape index (κ3) is 5.92. The van der Waals surface area contributed by atoms with Crippen molar-refractivity contribution in [1.82, 2.24) is 4.90 Å².